The van der Waals surface area contributed by atoms with Gasteiger partial charge in [0, 0.05) is 31.2 Å². The number of benzene rings is 1. The maximum absolute atomic E-state index is 13.3. The predicted molar refractivity (Wildman–Crippen MR) is 122 cm³/mol. The number of fused-ring (bicyclic) bond motifs is 1. The number of carbonyl (C=O) groups excluding carboxylic acids is 5. The van der Waals surface area contributed by atoms with E-state index in [2.05, 4.69) is 10.6 Å². The number of nitrogens with zero attached hydrogens (tertiary/aromatic N) is 2. The average molecular weight is 471 g/mol. The fraction of sp³-hybridized carbons (Fsp3) is 0.542. The van der Waals surface area contributed by atoms with Crippen LogP contribution in [0.15, 0.2) is 18.2 Å². The average Bonchev–Trinajstić information content (AvgIpc) is 2.90. The Morgan fingerprint density at radius 3 is 2.56 bits per heavy atom. The van der Waals surface area contributed by atoms with Crippen LogP contribution < -0.4 is 10.6 Å². The highest BCUT2D eigenvalue weighted by Crippen LogP contribution is 2.33. The van der Waals surface area contributed by atoms with E-state index in [0.717, 1.165) is 24.2 Å². The second kappa shape index (κ2) is 9.08. The van der Waals surface area contributed by atoms with Crippen molar-refractivity contribution in [2.45, 2.75) is 70.6 Å². The lowest BCUT2D eigenvalue weighted by Crippen LogP contribution is -2.54. The fourth-order valence-corrected chi connectivity index (χ4v) is 4.61. The zero-order valence-corrected chi connectivity index (χ0v) is 19.7. The minimum absolute atomic E-state index is 0.0670. The van der Waals surface area contributed by atoms with E-state index in [1.54, 1.807) is 23.1 Å². The van der Waals surface area contributed by atoms with Crippen molar-refractivity contribution in [3.05, 3.63) is 29.3 Å². The van der Waals surface area contributed by atoms with E-state index >= 15 is 0 Å². The van der Waals surface area contributed by atoms with E-state index < -0.39 is 35.3 Å². The SMILES string of the molecule is CC(C)(C)OC(=O)N1CCCCC(Nc2cccc3c2C(=O)N(C2CCC(=O)NC2=O)C3=O)C1. The molecule has 10 heteroatoms. The normalized spacial score (nSPS) is 23.4. The summed E-state index contributed by atoms with van der Waals surface area (Å²) in [6.07, 6.45) is 2.30. The van der Waals surface area contributed by atoms with Crippen LogP contribution in [0.3, 0.4) is 0 Å². The van der Waals surface area contributed by atoms with Crippen molar-refractivity contribution in [2.24, 2.45) is 0 Å². The molecule has 0 radical (unpaired) electrons. The van der Waals surface area contributed by atoms with Gasteiger partial charge in [-0.3, -0.25) is 29.4 Å². The Bertz CT molecular complexity index is 1050. The molecule has 34 heavy (non-hydrogen) atoms. The number of nitrogens with one attached hydrogen (secondary N) is 2. The van der Waals surface area contributed by atoms with Gasteiger partial charge in [-0.1, -0.05) is 6.07 Å². The van der Waals surface area contributed by atoms with Gasteiger partial charge in [0.2, 0.25) is 11.8 Å². The Morgan fingerprint density at radius 1 is 1.09 bits per heavy atom. The summed E-state index contributed by atoms with van der Waals surface area (Å²) >= 11 is 0. The molecule has 2 unspecified atom stereocenters. The van der Waals surface area contributed by atoms with Crippen molar-refractivity contribution >= 4 is 35.4 Å². The van der Waals surface area contributed by atoms with E-state index in [0.29, 0.717) is 18.8 Å². The number of likely N-dealkylation sites (tertiary alicyclic amines) is 1. The van der Waals surface area contributed by atoms with Crippen molar-refractivity contribution in [1.82, 2.24) is 15.1 Å². The molecule has 0 spiro atoms. The van der Waals surface area contributed by atoms with Gasteiger partial charge in [0.15, 0.2) is 0 Å². The van der Waals surface area contributed by atoms with E-state index in [1.807, 2.05) is 20.8 Å². The van der Waals surface area contributed by atoms with Gasteiger partial charge < -0.3 is 15.0 Å². The molecule has 2 atom stereocenters. The highest BCUT2D eigenvalue weighted by Gasteiger charge is 2.45. The van der Waals surface area contributed by atoms with Crippen molar-refractivity contribution in [2.75, 3.05) is 18.4 Å². The summed E-state index contributed by atoms with van der Waals surface area (Å²) in [7, 11) is 0. The Hall–Kier alpha value is -3.43. The number of amides is 5. The van der Waals surface area contributed by atoms with Crippen LogP contribution in [0, 0.1) is 0 Å². The first kappa shape index (κ1) is 23.7. The smallest absolute Gasteiger partial charge is 0.410 e. The number of hydrogen-bond acceptors (Lipinski definition) is 7. The minimum atomic E-state index is -1.02. The molecule has 1 aromatic carbocycles. The maximum atomic E-state index is 13.3. The van der Waals surface area contributed by atoms with Gasteiger partial charge >= 0.3 is 6.09 Å². The number of hydrogen-bond donors (Lipinski definition) is 2. The standard InChI is InChI=1S/C24H30N4O6/c1-24(2,3)34-23(33)27-12-5-4-7-14(13-27)25-16-9-6-8-15-19(16)22(32)28(21(15)31)17-10-11-18(29)26-20(17)30/h6,8-9,14,17,25H,4-5,7,10-13H2,1-3H3,(H,26,29,30). The van der Waals surface area contributed by atoms with Crippen LogP contribution in [-0.2, 0) is 14.3 Å². The van der Waals surface area contributed by atoms with Crippen LogP contribution in [0.25, 0.3) is 0 Å². The molecule has 1 aromatic rings. The van der Waals surface area contributed by atoms with Crippen molar-refractivity contribution in [3.8, 4) is 0 Å². The molecule has 2 N–H and O–H groups in total. The summed E-state index contributed by atoms with van der Waals surface area (Å²) in [5.41, 5.74) is 0.322. The van der Waals surface area contributed by atoms with Crippen LogP contribution >= 0.6 is 0 Å². The summed E-state index contributed by atoms with van der Waals surface area (Å²) in [4.78, 5) is 65.4. The molecule has 3 aliphatic heterocycles. The van der Waals surface area contributed by atoms with Gasteiger partial charge in [-0.15, -0.1) is 0 Å². The monoisotopic (exact) mass is 470 g/mol. The molecule has 182 valence electrons. The Labute approximate surface area is 198 Å². The molecule has 2 saturated heterocycles. The van der Waals surface area contributed by atoms with Crippen LogP contribution in [0.5, 0.6) is 0 Å². The molecule has 0 bridgehead atoms. The first-order chi connectivity index (χ1) is 16.0. The third kappa shape index (κ3) is 4.76. The summed E-state index contributed by atoms with van der Waals surface area (Å²) in [5, 5.41) is 5.56. The highest BCUT2D eigenvalue weighted by atomic mass is 16.6. The maximum Gasteiger partial charge on any atom is 0.410 e. The molecule has 5 amide bonds. The summed E-state index contributed by atoms with van der Waals surface area (Å²) in [6.45, 7) is 6.45. The van der Waals surface area contributed by atoms with Crippen molar-refractivity contribution in [3.63, 3.8) is 0 Å². The van der Waals surface area contributed by atoms with Crippen molar-refractivity contribution in [1.29, 1.82) is 0 Å². The van der Waals surface area contributed by atoms with Gasteiger partial charge in [-0.05, 0) is 58.6 Å². The number of anilines is 1. The van der Waals surface area contributed by atoms with Gasteiger partial charge in [0.05, 0.1) is 11.1 Å². The number of piperidine rings is 1. The Morgan fingerprint density at radius 2 is 1.85 bits per heavy atom. The lowest BCUT2D eigenvalue weighted by Gasteiger charge is -2.29. The van der Waals surface area contributed by atoms with Gasteiger partial charge in [0.25, 0.3) is 11.8 Å². The van der Waals surface area contributed by atoms with Crippen molar-refractivity contribution < 1.29 is 28.7 Å². The van der Waals surface area contributed by atoms with Gasteiger partial charge in [-0.2, -0.15) is 0 Å². The zero-order chi connectivity index (χ0) is 24.6. The number of rotatable bonds is 3. The molecule has 4 rings (SSSR count). The molecule has 0 aromatic heterocycles. The topological polar surface area (TPSA) is 125 Å². The zero-order valence-electron chi connectivity index (χ0n) is 19.7. The highest BCUT2D eigenvalue weighted by molar-refractivity contribution is 6.25. The lowest BCUT2D eigenvalue weighted by molar-refractivity contribution is -0.136. The van der Waals surface area contributed by atoms with E-state index in [4.69, 9.17) is 4.74 Å². The van der Waals surface area contributed by atoms with E-state index in [1.165, 1.54) is 0 Å². The molecular weight excluding hydrogens is 440 g/mol. The molecule has 3 heterocycles. The molecule has 3 aliphatic rings. The van der Waals surface area contributed by atoms with Gasteiger partial charge in [0.1, 0.15) is 11.6 Å². The van der Waals surface area contributed by atoms with E-state index in [9.17, 15) is 24.0 Å². The van der Waals surface area contributed by atoms with Crippen LogP contribution in [0.4, 0.5) is 10.5 Å². The lowest BCUT2D eigenvalue weighted by atomic mass is 10.0. The van der Waals surface area contributed by atoms with Crippen LogP contribution in [-0.4, -0.2) is 70.3 Å². The summed E-state index contributed by atoms with van der Waals surface area (Å²) in [5.74, 6) is -2.16. The van der Waals surface area contributed by atoms with Crippen LogP contribution in [0.1, 0.15) is 73.6 Å². The quantitative estimate of drug-likeness (QED) is 0.649. The van der Waals surface area contributed by atoms with Gasteiger partial charge in [-0.25, -0.2) is 4.79 Å². The second-order valence-corrected chi connectivity index (χ2v) is 9.94. The van der Waals surface area contributed by atoms with E-state index in [-0.39, 0.29) is 36.1 Å². The molecular formula is C24H30N4O6. The predicted octanol–water partition coefficient (Wildman–Crippen LogP) is 2.29. The summed E-state index contributed by atoms with van der Waals surface area (Å²) < 4.78 is 5.53. The third-order valence-corrected chi connectivity index (χ3v) is 6.15. The Balaban J connectivity index is 1.54. The molecule has 10 nitrogen and oxygen atoms in total. The third-order valence-electron chi connectivity index (χ3n) is 6.15. The first-order valence-electron chi connectivity index (χ1n) is 11.6. The largest absolute Gasteiger partial charge is 0.444 e. The number of imide groups is 2. The molecule has 0 aliphatic carbocycles. The first-order valence-corrected chi connectivity index (χ1v) is 11.6. The Kier molecular flexibility index (Phi) is 6.33. The van der Waals surface area contributed by atoms with Crippen LogP contribution in [0.2, 0.25) is 0 Å². The number of carbonyl (C=O) groups is 5. The number of ether oxygens (including phenoxy) is 1. The molecule has 0 saturated carbocycles. The minimum Gasteiger partial charge on any atom is -0.444 e. The molecule has 2 fully saturated rings. The summed E-state index contributed by atoms with van der Waals surface area (Å²) in [6, 6.07) is 3.81. The second-order valence-electron chi connectivity index (χ2n) is 9.94. The fourth-order valence-electron chi connectivity index (χ4n) is 4.61.